The van der Waals surface area contributed by atoms with Crippen molar-refractivity contribution in [3.05, 3.63) is 12.2 Å². The van der Waals surface area contributed by atoms with Gasteiger partial charge >= 0.3 is 5.97 Å². The van der Waals surface area contributed by atoms with Gasteiger partial charge in [0, 0.05) is 29.2 Å². The lowest BCUT2D eigenvalue weighted by Gasteiger charge is -2.52. The number of aliphatic hydroxyl groups is 1. The molecule has 0 aromatic heterocycles. The largest absolute Gasteiger partial charge is 0.458 e. The summed E-state index contributed by atoms with van der Waals surface area (Å²) in [5.74, 6) is -0.0756. The molecule has 2 saturated carbocycles. The van der Waals surface area contributed by atoms with Crippen molar-refractivity contribution in [2.45, 2.75) is 57.0 Å². The maximum atomic E-state index is 11.8. The fourth-order valence-corrected chi connectivity index (χ4v) is 4.92. The Morgan fingerprint density at radius 1 is 1.42 bits per heavy atom. The summed E-state index contributed by atoms with van der Waals surface area (Å²) in [6.07, 6.45) is 2.07. The van der Waals surface area contributed by atoms with Gasteiger partial charge in [0.15, 0.2) is 0 Å². The third-order valence-corrected chi connectivity index (χ3v) is 6.18. The quantitative estimate of drug-likeness (QED) is 0.408. The van der Waals surface area contributed by atoms with Crippen molar-refractivity contribution in [1.82, 2.24) is 0 Å². The summed E-state index contributed by atoms with van der Waals surface area (Å²) >= 11 is 0. The molecular weight excluding hydrogens is 244 g/mol. The second-order valence-electron chi connectivity index (χ2n) is 7.07. The maximum Gasteiger partial charge on any atom is 0.334 e. The smallest absolute Gasteiger partial charge is 0.334 e. The Bertz CT molecular complexity index is 487. The van der Waals surface area contributed by atoms with Crippen LogP contribution in [0.2, 0.25) is 0 Å². The van der Waals surface area contributed by atoms with Crippen LogP contribution in [0.3, 0.4) is 0 Å². The molecule has 2 aliphatic heterocycles. The monoisotopic (exact) mass is 264 g/mol. The van der Waals surface area contributed by atoms with Gasteiger partial charge in [0.25, 0.3) is 0 Å². The summed E-state index contributed by atoms with van der Waals surface area (Å²) in [6.45, 7) is 8.11. The lowest BCUT2D eigenvalue weighted by molar-refractivity contribution is -0.161. The Balaban J connectivity index is 1.78. The SMILES string of the molecule is C=C1C(=O)OC2[C@@H]3[C@@](C)(CC[C@@H]12)[C@@H](O)CC1O[C@]13C. The molecule has 4 heteroatoms. The van der Waals surface area contributed by atoms with Gasteiger partial charge in [-0.15, -0.1) is 0 Å². The van der Waals surface area contributed by atoms with Crippen LogP contribution < -0.4 is 0 Å². The number of carbonyl (C=O) groups excluding carboxylic acids is 1. The molecule has 4 rings (SSSR count). The molecule has 4 nitrogen and oxygen atoms in total. The van der Waals surface area contributed by atoms with Crippen molar-refractivity contribution in [1.29, 1.82) is 0 Å². The topological polar surface area (TPSA) is 59.1 Å². The van der Waals surface area contributed by atoms with E-state index < -0.39 is 0 Å². The molecule has 4 fully saturated rings. The van der Waals surface area contributed by atoms with Gasteiger partial charge in [-0.3, -0.25) is 0 Å². The van der Waals surface area contributed by atoms with Crippen LogP contribution in [0.4, 0.5) is 0 Å². The number of fused-ring (bicyclic) bond motifs is 5. The molecule has 0 aromatic carbocycles. The van der Waals surface area contributed by atoms with Gasteiger partial charge < -0.3 is 14.6 Å². The summed E-state index contributed by atoms with van der Waals surface area (Å²) in [6, 6.07) is 0. The summed E-state index contributed by atoms with van der Waals surface area (Å²) in [5.41, 5.74) is 0.156. The van der Waals surface area contributed by atoms with Crippen LogP contribution in [-0.2, 0) is 14.3 Å². The van der Waals surface area contributed by atoms with Gasteiger partial charge in [-0.1, -0.05) is 13.5 Å². The molecule has 0 amide bonds. The zero-order chi connectivity index (χ0) is 13.6. The van der Waals surface area contributed by atoms with Gasteiger partial charge in [0.05, 0.1) is 17.8 Å². The van der Waals surface area contributed by atoms with Crippen LogP contribution >= 0.6 is 0 Å². The number of rotatable bonds is 0. The van der Waals surface area contributed by atoms with Crippen LogP contribution in [-0.4, -0.2) is 35.0 Å². The van der Waals surface area contributed by atoms with Gasteiger partial charge in [-0.2, -0.15) is 0 Å². The van der Waals surface area contributed by atoms with Crippen LogP contribution in [0, 0.1) is 17.3 Å². The van der Waals surface area contributed by atoms with Gasteiger partial charge in [0.1, 0.15) is 6.10 Å². The highest BCUT2D eigenvalue weighted by atomic mass is 16.6. The number of carbonyl (C=O) groups is 1. The first-order valence-corrected chi connectivity index (χ1v) is 7.13. The first-order valence-electron chi connectivity index (χ1n) is 7.13. The van der Waals surface area contributed by atoms with Gasteiger partial charge in [-0.05, 0) is 19.8 Å². The highest BCUT2D eigenvalue weighted by Gasteiger charge is 2.73. The molecule has 19 heavy (non-hydrogen) atoms. The minimum Gasteiger partial charge on any atom is -0.458 e. The molecule has 104 valence electrons. The lowest BCUT2D eigenvalue weighted by atomic mass is 9.52. The van der Waals surface area contributed by atoms with Crippen LogP contribution in [0.25, 0.3) is 0 Å². The van der Waals surface area contributed by atoms with Crippen molar-refractivity contribution in [3.63, 3.8) is 0 Å². The summed E-state index contributed by atoms with van der Waals surface area (Å²) in [5, 5.41) is 10.5. The van der Waals surface area contributed by atoms with E-state index in [4.69, 9.17) is 9.47 Å². The number of hydrogen-bond donors (Lipinski definition) is 1. The zero-order valence-electron chi connectivity index (χ0n) is 11.4. The molecule has 2 heterocycles. The molecule has 0 aromatic rings. The van der Waals surface area contributed by atoms with E-state index in [2.05, 4.69) is 20.4 Å². The number of hydrogen-bond acceptors (Lipinski definition) is 4. The molecule has 2 saturated heterocycles. The molecule has 0 bridgehead atoms. The second kappa shape index (κ2) is 3.23. The summed E-state index contributed by atoms with van der Waals surface area (Å²) < 4.78 is 11.5. The van der Waals surface area contributed by atoms with Gasteiger partial charge in [-0.25, -0.2) is 4.79 Å². The van der Waals surface area contributed by atoms with Crippen LogP contribution in [0.15, 0.2) is 12.2 Å². The highest BCUT2D eigenvalue weighted by Crippen LogP contribution is 2.65. The zero-order valence-corrected chi connectivity index (χ0v) is 11.4. The maximum absolute atomic E-state index is 11.8. The first-order chi connectivity index (χ1) is 8.88. The average Bonchev–Trinajstić information content (AvgIpc) is 2.90. The number of ether oxygens (including phenoxy) is 2. The standard InChI is InChI=1S/C15H20O4/c1-7-8-4-5-14(2)9(16)6-10-15(3,19-10)12(14)11(8)18-13(7)17/h8-12,16H,1,4-6H2,2-3H3/t8-,9-,10?,11?,12+,14-,15+/m0/s1. The van der Waals surface area contributed by atoms with Crippen molar-refractivity contribution in [2.75, 3.05) is 0 Å². The molecule has 0 spiro atoms. The highest BCUT2D eigenvalue weighted by molar-refractivity contribution is 5.91. The van der Waals surface area contributed by atoms with E-state index in [1.54, 1.807) is 0 Å². The molecule has 7 atom stereocenters. The van der Waals surface area contributed by atoms with Crippen LogP contribution in [0.5, 0.6) is 0 Å². The van der Waals surface area contributed by atoms with Gasteiger partial charge in [0.2, 0.25) is 0 Å². The lowest BCUT2D eigenvalue weighted by Crippen LogP contribution is -2.59. The van der Waals surface area contributed by atoms with E-state index in [0.29, 0.717) is 12.0 Å². The Kier molecular flexibility index (Phi) is 2.03. The minimum atomic E-state index is -0.369. The van der Waals surface area contributed by atoms with E-state index in [9.17, 15) is 9.90 Å². The predicted molar refractivity (Wildman–Crippen MR) is 67.2 cm³/mol. The molecule has 0 radical (unpaired) electrons. The van der Waals surface area contributed by atoms with Crippen LogP contribution in [0.1, 0.15) is 33.1 Å². The van der Waals surface area contributed by atoms with E-state index in [1.165, 1.54) is 0 Å². The van der Waals surface area contributed by atoms with E-state index in [-0.39, 0.29) is 47.1 Å². The molecule has 4 aliphatic rings. The Morgan fingerprint density at radius 3 is 2.89 bits per heavy atom. The normalized spacial score (nSPS) is 59.0. The fraction of sp³-hybridized carbons (Fsp3) is 0.800. The van der Waals surface area contributed by atoms with Crippen molar-refractivity contribution in [2.24, 2.45) is 17.3 Å². The first kappa shape index (κ1) is 11.9. The number of esters is 1. The third kappa shape index (κ3) is 1.24. The second-order valence-corrected chi connectivity index (χ2v) is 7.07. The average molecular weight is 264 g/mol. The minimum absolute atomic E-state index is 0.0794. The number of aliphatic hydroxyl groups excluding tert-OH is 1. The third-order valence-electron chi connectivity index (χ3n) is 6.18. The Hall–Kier alpha value is -0.870. The van der Waals surface area contributed by atoms with E-state index in [1.807, 2.05) is 0 Å². The summed E-state index contributed by atoms with van der Waals surface area (Å²) in [7, 11) is 0. The molecule has 2 unspecified atom stereocenters. The van der Waals surface area contributed by atoms with Crippen molar-refractivity contribution < 1.29 is 19.4 Å². The van der Waals surface area contributed by atoms with Crippen molar-refractivity contribution >= 4 is 5.97 Å². The van der Waals surface area contributed by atoms with E-state index >= 15 is 0 Å². The molecular formula is C15H20O4. The number of epoxide rings is 1. The molecule has 2 aliphatic carbocycles. The predicted octanol–water partition coefficient (Wildman–Crippen LogP) is 1.42. The Morgan fingerprint density at radius 2 is 2.16 bits per heavy atom. The Labute approximate surface area is 112 Å². The molecule has 1 N–H and O–H groups in total. The fourth-order valence-electron chi connectivity index (χ4n) is 4.92. The van der Waals surface area contributed by atoms with E-state index in [0.717, 1.165) is 12.8 Å². The summed E-state index contributed by atoms with van der Waals surface area (Å²) in [4.78, 5) is 11.8. The van der Waals surface area contributed by atoms with Crippen molar-refractivity contribution in [3.8, 4) is 0 Å².